The standard InChI is InChI=1S/C12H5Br2ClO2/c13-6-1-2-9-10(3-6)17-12-5-8(15)7(14)4-11(12)16-9/h1-5H. The number of benzene rings is 2. The average Bonchev–Trinajstić information content (AvgIpc) is 2.28. The fourth-order valence-corrected chi connectivity index (χ4v) is 2.37. The average molecular weight is 376 g/mol. The zero-order valence-corrected chi connectivity index (χ0v) is 12.3. The summed E-state index contributed by atoms with van der Waals surface area (Å²) in [5, 5.41) is 0.589. The fourth-order valence-electron chi connectivity index (χ4n) is 1.55. The van der Waals surface area contributed by atoms with E-state index in [0.29, 0.717) is 28.0 Å². The van der Waals surface area contributed by atoms with Crippen LogP contribution in [0.25, 0.3) is 0 Å². The SMILES string of the molecule is Clc1cc2c(cc1Br)Oc1ccc(Br)cc1O2. The molecule has 0 amide bonds. The molecule has 0 aliphatic carbocycles. The summed E-state index contributed by atoms with van der Waals surface area (Å²) < 4.78 is 13.2. The second-order valence-electron chi connectivity index (χ2n) is 3.51. The molecule has 0 bridgehead atoms. The van der Waals surface area contributed by atoms with Crippen LogP contribution in [0.2, 0.25) is 5.02 Å². The summed E-state index contributed by atoms with van der Waals surface area (Å²) in [7, 11) is 0. The van der Waals surface area contributed by atoms with E-state index in [1.54, 1.807) is 12.1 Å². The smallest absolute Gasteiger partial charge is 0.171 e. The number of hydrogen-bond donors (Lipinski definition) is 0. The lowest BCUT2D eigenvalue weighted by Crippen LogP contribution is -1.98. The van der Waals surface area contributed by atoms with Crippen LogP contribution < -0.4 is 9.47 Å². The van der Waals surface area contributed by atoms with Crippen LogP contribution in [0.15, 0.2) is 39.3 Å². The van der Waals surface area contributed by atoms with Gasteiger partial charge in [0.05, 0.1) is 5.02 Å². The van der Waals surface area contributed by atoms with Crippen molar-refractivity contribution in [3.8, 4) is 23.0 Å². The van der Waals surface area contributed by atoms with E-state index in [0.717, 1.165) is 8.95 Å². The molecule has 86 valence electrons. The maximum Gasteiger partial charge on any atom is 0.171 e. The largest absolute Gasteiger partial charge is 0.449 e. The van der Waals surface area contributed by atoms with Gasteiger partial charge in [-0.15, -0.1) is 0 Å². The van der Waals surface area contributed by atoms with Crippen LogP contribution in [-0.4, -0.2) is 0 Å². The van der Waals surface area contributed by atoms with Gasteiger partial charge in [0.25, 0.3) is 0 Å². The molecule has 0 saturated carbocycles. The molecule has 3 rings (SSSR count). The molecule has 0 atom stereocenters. The molecule has 1 heterocycles. The highest BCUT2D eigenvalue weighted by Gasteiger charge is 2.20. The minimum absolute atomic E-state index is 0.589. The first-order valence-electron chi connectivity index (χ1n) is 4.78. The minimum atomic E-state index is 0.589. The Bertz CT molecular complexity index is 614. The van der Waals surface area contributed by atoms with Gasteiger partial charge in [0, 0.05) is 21.1 Å². The monoisotopic (exact) mass is 374 g/mol. The lowest BCUT2D eigenvalue weighted by Gasteiger charge is -2.21. The molecule has 0 unspecified atom stereocenters. The van der Waals surface area contributed by atoms with Gasteiger partial charge in [0.1, 0.15) is 0 Å². The van der Waals surface area contributed by atoms with Gasteiger partial charge in [-0.25, -0.2) is 0 Å². The van der Waals surface area contributed by atoms with E-state index in [1.807, 2.05) is 18.2 Å². The molecule has 0 saturated heterocycles. The summed E-state index contributed by atoms with van der Waals surface area (Å²) in [6.07, 6.45) is 0. The van der Waals surface area contributed by atoms with Gasteiger partial charge in [-0.2, -0.15) is 0 Å². The van der Waals surface area contributed by atoms with Crippen LogP contribution in [0.4, 0.5) is 0 Å². The van der Waals surface area contributed by atoms with Gasteiger partial charge in [-0.3, -0.25) is 0 Å². The first-order chi connectivity index (χ1) is 8.13. The van der Waals surface area contributed by atoms with Crippen molar-refractivity contribution in [2.24, 2.45) is 0 Å². The van der Waals surface area contributed by atoms with E-state index in [4.69, 9.17) is 21.1 Å². The number of halogens is 3. The molecule has 2 nitrogen and oxygen atoms in total. The summed E-state index contributed by atoms with van der Waals surface area (Å²) in [4.78, 5) is 0. The van der Waals surface area contributed by atoms with E-state index >= 15 is 0 Å². The molecule has 0 spiro atoms. The molecular weight excluding hydrogens is 371 g/mol. The van der Waals surface area contributed by atoms with Crippen LogP contribution >= 0.6 is 43.5 Å². The summed E-state index contributed by atoms with van der Waals surface area (Å²) >= 11 is 12.8. The fraction of sp³-hybridized carbons (Fsp3) is 0. The highest BCUT2D eigenvalue weighted by molar-refractivity contribution is 9.10. The van der Waals surface area contributed by atoms with Crippen molar-refractivity contribution in [2.45, 2.75) is 0 Å². The van der Waals surface area contributed by atoms with Crippen LogP contribution in [-0.2, 0) is 0 Å². The second-order valence-corrected chi connectivity index (χ2v) is 5.69. The Balaban J connectivity index is 2.11. The van der Waals surface area contributed by atoms with E-state index < -0.39 is 0 Å². The number of hydrogen-bond acceptors (Lipinski definition) is 2. The van der Waals surface area contributed by atoms with Crippen molar-refractivity contribution in [2.75, 3.05) is 0 Å². The topological polar surface area (TPSA) is 18.5 Å². The highest BCUT2D eigenvalue weighted by Crippen LogP contribution is 2.48. The lowest BCUT2D eigenvalue weighted by atomic mass is 10.2. The third-order valence-corrected chi connectivity index (χ3v) is 4.02. The molecule has 0 aromatic heterocycles. The first kappa shape index (κ1) is 11.4. The molecule has 2 aromatic rings. The molecule has 1 aliphatic rings. The lowest BCUT2D eigenvalue weighted by molar-refractivity contribution is 0.359. The molecular formula is C12H5Br2ClO2. The Labute approximate surface area is 120 Å². The molecule has 5 heteroatoms. The van der Waals surface area contributed by atoms with Gasteiger partial charge in [0.2, 0.25) is 0 Å². The highest BCUT2D eigenvalue weighted by atomic mass is 79.9. The maximum atomic E-state index is 6.01. The molecule has 0 fully saturated rings. The molecule has 2 aromatic carbocycles. The molecule has 0 N–H and O–H groups in total. The summed E-state index contributed by atoms with van der Waals surface area (Å²) in [6.45, 7) is 0. The number of fused-ring (bicyclic) bond motifs is 2. The summed E-state index contributed by atoms with van der Waals surface area (Å²) in [5.74, 6) is 2.63. The predicted octanol–water partition coefficient (Wildman–Crippen LogP) is 5.76. The Hall–Kier alpha value is -0.710. The van der Waals surface area contributed by atoms with Gasteiger partial charge in [-0.05, 0) is 34.1 Å². The van der Waals surface area contributed by atoms with Crippen molar-refractivity contribution in [3.63, 3.8) is 0 Å². The molecule has 17 heavy (non-hydrogen) atoms. The number of rotatable bonds is 0. The van der Waals surface area contributed by atoms with Crippen molar-refractivity contribution in [3.05, 3.63) is 44.3 Å². The quantitative estimate of drug-likeness (QED) is 0.496. The van der Waals surface area contributed by atoms with E-state index in [2.05, 4.69) is 31.9 Å². The van der Waals surface area contributed by atoms with Crippen LogP contribution in [0, 0.1) is 0 Å². The van der Waals surface area contributed by atoms with E-state index in [9.17, 15) is 0 Å². The van der Waals surface area contributed by atoms with Crippen molar-refractivity contribution < 1.29 is 9.47 Å². The van der Waals surface area contributed by atoms with Crippen LogP contribution in [0.5, 0.6) is 23.0 Å². The first-order valence-corrected chi connectivity index (χ1v) is 6.74. The maximum absolute atomic E-state index is 6.01. The zero-order chi connectivity index (χ0) is 12.0. The normalized spacial score (nSPS) is 12.2. The summed E-state index contributed by atoms with van der Waals surface area (Å²) in [6, 6.07) is 9.13. The van der Waals surface area contributed by atoms with Crippen molar-refractivity contribution >= 4 is 43.5 Å². The van der Waals surface area contributed by atoms with Gasteiger partial charge >= 0.3 is 0 Å². The van der Waals surface area contributed by atoms with E-state index in [-0.39, 0.29) is 0 Å². The van der Waals surface area contributed by atoms with Crippen molar-refractivity contribution in [1.29, 1.82) is 0 Å². The molecule has 0 radical (unpaired) electrons. The third-order valence-electron chi connectivity index (χ3n) is 2.33. The van der Waals surface area contributed by atoms with Crippen LogP contribution in [0.1, 0.15) is 0 Å². The van der Waals surface area contributed by atoms with E-state index in [1.165, 1.54) is 0 Å². The number of ether oxygens (including phenoxy) is 2. The van der Waals surface area contributed by atoms with Crippen LogP contribution in [0.3, 0.4) is 0 Å². The minimum Gasteiger partial charge on any atom is -0.449 e. The Morgan fingerprint density at radius 3 is 2.29 bits per heavy atom. The zero-order valence-electron chi connectivity index (χ0n) is 8.34. The van der Waals surface area contributed by atoms with Gasteiger partial charge in [0.15, 0.2) is 23.0 Å². The predicted molar refractivity (Wildman–Crippen MR) is 73.4 cm³/mol. The van der Waals surface area contributed by atoms with Gasteiger partial charge < -0.3 is 9.47 Å². The Kier molecular flexibility index (Phi) is 2.81. The summed E-state index contributed by atoms with van der Waals surface area (Å²) in [5.41, 5.74) is 0. The van der Waals surface area contributed by atoms with Gasteiger partial charge in [-0.1, -0.05) is 27.5 Å². The third kappa shape index (κ3) is 2.05. The second kappa shape index (κ2) is 4.19. The Morgan fingerprint density at radius 1 is 0.824 bits per heavy atom. The Morgan fingerprint density at radius 2 is 1.47 bits per heavy atom. The molecule has 1 aliphatic heterocycles. The van der Waals surface area contributed by atoms with Crippen molar-refractivity contribution in [1.82, 2.24) is 0 Å².